The molecule has 0 aliphatic heterocycles. The number of nitrogens with two attached hydrogens (primary N) is 1. The molecule has 0 heterocycles. The van der Waals surface area contributed by atoms with E-state index in [4.69, 9.17) is 5.73 Å². The number of nitrogens with zero attached hydrogens (tertiary/aromatic N) is 1. The van der Waals surface area contributed by atoms with Crippen LogP contribution in [0.25, 0.3) is 0 Å². The van der Waals surface area contributed by atoms with Crippen LogP contribution in [0, 0.1) is 5.92 Å². The Labute approximate surface area is 119 Å². The lowest BCUT2D eigenvalue weighted by Gasteiger charge is -2.26. The molecule has 2 unspecified atom stereocenters. The van der Waals surface area contributed by atoms with Crippen molar-refractivity contribution in [1.82, 2.24) is 4.90 Å². The number of halogens is 1. The summed E-state index contributed by atoms with van der Waals surface area (Å²) in [5.41, 5.74) is 7.47. The van der Waals surface area contributed by atoms with Gasteiger partial charge in [-0.1, -0.05) is 28.1 Å². The molecule has 1 saturated carbocycles. The number of benzene rings is 1. The molecule has 2 atom stereocenters. The number of hydrogen-bond acceptors (Lipinski definition) is 2. The summed E-state index contributed by atoms with van der Waals surface area (Å²) >= 11 is 3.45. The summed E-state index contributed by atoms with van der Waals surface area (Å²) in [5.74, 6) is 0.930. The van der Waals surface area contributed by atoms with Crippen LogP contribution in [0.4, 0.5) is 0 Å². The first-order valence-corrected chi connectivity index (χ1v) is 7.58. The van der Waals surface area contributed by atoms with Crippen molar-refractivity contribution in [3.8, 4) is 0 Å². The van der Waals surface area contributed by atoms with Crippen molar-refractivity contribution in [1.29, 1.82) is 0 Å². The maximum Gasteiger partial charge on any atom is 0.0307 e. The minimum absolute atomic E-state index is 0.145. The summed E-state index contributed by atoms with van der Waals surface area (Å²) in [6.45, 7) is 3.41. The zero-order chi connectivity index (χ0) is 13.1. The second-order valence-corrected chi connectivity index (χ2v) is 6.42. The zero-order valence-corrected chi connectivity index (χ0v) is 12.9. The van der Waals surface area contributed by atoms with Gasteiger partial charge in [0.2, 0.25) is 0 Å². The lowest BCUT2D eigenvalue weighted by molar-refractivity contribution is 0.226. The Morgan fingerprint density at radius 2 is 1.94 bits per heavy atom. The summed E-state index contributed by atoms with van der Waals surface area (Å²) in [5, 5.41) is 0. The van der Waals surface area contributed by atoms with Crippen LogP contribution >= 0.6 is 15.9 Å². The third-order valence-electron chi connectivity index (χ3n) is 4.09. The Kier molecular flexibility index (Phi) is 4.82. The van der Waals surface area contributed by atoms with Crippen LogP contribution in [0.5, 0.6) is 0 Å². The molecule has 0 aromatic heterocycles. The highest BCUT2D eigenvalue weighted by Gasteiger charge is 2.30. The minimum atomic E-state index is 0.145. The van der Waals surface area contributed by atoms with Gasteiger partial charge in [0.05, 0.1) is 0 Å². The first kappa shape index (κ1) is 14.0. The van der Waals surface area contributed by atoms with Gasteiger partial charge in [0.25, 0.3) is 0 Å². The lowest BCUT2D eigenvalue weighted by Crippen LogP contribution is -2.33. The van der Waals surface area contributed by atoms with Gasteiger partial charge >= 0.3 is 0 Å². The van der Waals surface area contributed by atoms with Crippen molar-refractivity contribution >= 4 is 15.9 Å². The summed E-state index contributed by atoms with van der Waals surface area (Å²) in [6, 6.07) is 9.20. The number of rotatable bonds is 6. The van der Waals surface area contributed by atoms with Crippen LogP contribution in [0.1, 0.15) is 37.8 Å². The van der Waals surface area contributed by atoms with Crippen molar-refractivity contribution in [2.24, 2.45) is 11.7 Å². The molecule has 0 bridgehead atoms. The quantitative estimate of drug-likeness (QED) is 0.870. The molecule has 1 aliphatic carbocycles. The van der Waals surface area contributed by atoms with Gasteiger partial charge in [0.1, 0.15) is 0 Å². The van der Waals surface area contributed by atoms with E-state index in [-0.39, 0.29) is 6.04 Å². The second-order valence-electron chi connectivity index (χ2n) is 5.51. The molecule has 0 saturated heterocycles. The van der Waals surface area contributed by atoms with E-state index < -0.39 is 0 Å². The predicted molar refractivity (Wildman–Crippen MR) is 80.5 cm³/mol. The molecule has 2 N–H and O–H groups in total. The standard InChI is InChI=1S/C15H23BrN2/c1-11(12-3-4-12)18(2)10-9-15(17)13-5-7-14(16)8-6-13/h5-8,11-12,15H,3-4,9-10,17H2,1-2H3. The molecule has 0 radical (unpaired) electrons. The predicted octanol–water partition coefficient (Wildman–Crippen LogP) is 3.57. The molecular formula is C15H23BrN2. The van der Waals surface area contributed by atoms with E-state index in [0.29, 0.717) is 6.04 Å². The molecule has 2 rings (SSSR count). The maximum absolute atomic E-state index is 6.24. The van der Waals surface area contributed by atoms with E-state index in [9.17, 15) is 0 Å². The zero-order valence-electron chi connectivity index (χ0n) is 11.3. The minimum Gasteiger partial charge on any atom is -0.324 e. The van der Waals surface area contributed by atoms with Gasteiger partial charge < -0.3 is 10.6 Å². The summed E-state index contributed by atoms with van der Waals surface area (Å²) in [6.07, 6.45) is 3.84. The summed E-state index contributed by atoms with van der Waals surface area (Å²) in [7, 11) is 2.22. The van der Waals surface area contributed by atoms with Crippen molar-refractivity contribution in [2.75, 3.05) is 13.6 Å². The molecule has 1 fully saturated rings. The smallest absolute Gasteiger partial charge is 0.0307 e. The average Bonchev–Trinajstić information content (AvgIpc) is 3.19. The fourth-order valence-corrected chi connectivity index (χ4v) is 2.63. The van der Waals surface area contributed by atoms with Crippen LogP contribution in [-0.2, 0) is 0 Å². The Balaban J connectivity index is 1.80. The van der Waals surface area contributed by atoms with Gasteiger partial charge in [-0.2, -0.15) is 0 Å². The van der Waals surface area contributed by atoms with E-state index in [0.717, 1.165) is 23.4 Å². The van der Waals surface area contributed by atoms with E-state index in [1.807, 2.05) is 0 Å². The largest absolute Gasteiger partial charge is 0.324 e. The van der Waals surface area contributed by atoms with Crippen LogP contribution in [-0.4, -0.2) is 24.5 Å². The highest BCUT2D eigenvalue weighted by molar-refractivity contribution is 9.10. The van der Waals surface area contributed by atoms with Crippen molar-refractivity contribution in [3.05, 3.63) is 34.3 Å². The molecule has 100 valence electrons. The molecule has 1 aliphatic rings. The first-order valence-electron chi connectivity index (χ1n) is 6.79. The van der Waals surface area contributed by atoms with Crippen LogP contribution in [0.2, 0.25) is 0 Å². The lowest BCUT2D eigenvalue weighted by atomic mass is 10.0. The van der Waals surface area contributed by atoms with Crippen molar-refractivity contribution in [2.45, 2.75) is 38.3 Å². The fourth-order valence-electron chi connectivity index (χ4n) is 2.36. The summed E-state index contributed by atoms with van der Waals surface area (Å²) < 4.78 is 1.11. The Hall–Kier alpha value is -0.380. The van der Waals surface area contributed by atoms with E-state index in [1.165, 1.54) is 18.4 Å². The van der Waals surface area contributed by atoms with Crippen molar-refractivity contribution < 1.29 is 0 Å². The maximum atomic E-state index is 6.24. The molecule has 2 nitrogen and oxygen atoms in total. The van der Waals surface area contributed by atoms with Crippen LogP contribution < -0.4 is 5.73 Å². The third-order valence-corrected chi connectivity index (χ3v) is 4.62. The molecule has 1 aromatic carbocycles. The van der Waals surface area contributed by atoms with E-state index in [2.05, 4.69) is 59.1 Å². The van der Waals surface area contributed by atoms with Crippen molar-refractivity contribution in [3.63, 3.8) is 0 Å². The van der Waals surface area contributed by atoms with Gasteiger partial charge in [-0.3, -0.25) is 0 Å². The Morgan fingerprint density at radius 3 is 2.50 bits per heavy atom. The molecule has 18 heavy (non-hydrogen) atoms. The van der Waals surface area contributed by atoms with Crippen LogP contribution in [0.3, 0.4) is 0 Å². The second kappa shape index (κ2) is 6.18. The molecule has 3 heteroatoms. The summed E-state index contributed by atoms with van der Waals surface area (Å²) in [4.78, 5) is 2.45. The SMILES string of the molecule is CC(C1CC1)N(C)CCC(N)c1ccc(Br)cc1. The van der Waals surface area contributed by atoms with Gasteiger partial charge in [-0.25, -0.2) is 0 Å². The monoisotopic (exact) mass is 310 g/mol. The molecule has 0 amide bonds. The molecule has 0 spiro atoms. The first-order chi connectivity index (χ1) is 8.58. The highest BCUT2D eigenvalue weighted by Crippen LogP contribution is 2.34. The topological polar surface area (TPSA) is 29.3 Å². The fraction of sp³-hybridized carbons (Fsp3) is 0.600. The normalized spacial score (nSPS) is 18.9. The van der Waals surface area contributed by atoms with Gasteiger partial charge in [0, 0.05) is 16.6 Å². The van der Waals surface area contributed by atoms with Gasteiger partial charge in [-0.05, 0) is 63.4 Å². The number of hydrogen-bond donors (Lipinski definition) is 1. The van der Waals surface area contributed by atoms with Gasteiger partial charge in [0.15, 0.2) is 0 Å². The molecule has 1 aromatic rings. The van der Waals surface area contributed by atoms with E-state index >= 15 is 0 Å². The Morgan fingerprint density at radius 1 is 1.33 bits per heavy atom. The van der Waals surface area contributed by atoms with Crippen LogP contribution in [0.15, 0.2) is 28.7 Å². The third kappa shape index (κ3) is 3.81. The average molecular weight is 311 g/mol. The highest BCUT2D eigenvalue weighted by atomic mass is 79.9. The van der Waals surface area contributed by atoms with Gasteiger partial charge in [-0.15, -0.1) is 0 Å². The Bertz CT molecular complexity index is 373. The molecular weight excluding hydrogens is 288 g/mol. The van der Waals surface area contributed by atoms with E-state index in [1.54, 1.807) is 0 Å².